The van der Waals surface area contributed by atoms with E-state index in [1.807, 2.05) is 45.9 Å². The zero-order valence-electron chi connectivity index (χ0n) is 31.0. The molecule has 2 aliphatic heterocycles. The number of urea groups is 2. The standard InChI is InChI=1S/C39H46BN7O7/c1-38(2)39(3,4)54-40(53-38)27-15-17-28(18-16-27)44-36(51)41-19-8-9-20-42-37(52)45-31-14-10-13-29-30(25-43-32(29)31)33(48)35(50)47-23-21-46(22-24-47)34(49)26-11-6-5-7-12-26/h5-7,10-18,25,43H,8-9,19-24H2,1-4H3,(H2,41,44,51)(H2,42,45,52). The maximum absolute atomic E-state index is 13.3. The van der Waals surface area contributed by atoms with Crippen molar-refractivity contribution in [2.24, 2.45) is 0 Å². The first-order valence-corrected chi connectivity index (χ1v) is 18.2. The average Bonchev–Trinajstić information content (AvgIpc) is 3.70. The lowest BCUT2D eigenvalue weighted by Gasteiger charge is -2.34. The number of para-hydroxylation sites is 1. The Bertz CT molecular complexity index is 1990. The predicted molar refractivity (Wildman–Crippen MR) is 207 cm³/mol. The van der Waals surface area contributed by atoms with Crippen molar-refractivity contribution < 1.29 is 33.3 Å². The summed E-state index contributed by atoms with van der Waals surface area (Å²) in [5, 5.41) is 11.8. The number of aromatic amines is 1. The Kier molecular flexibility index (Phi) is 11.4. The summed E-state index contributed by atoms with van der Waals surface area (Å²) in [5.41, 5.74) is 2.39. The topological polar surface area (TPSA) is 174 Å². The Morgan fingerprint density at radius 1 is 0.722 bits per heavy atom. The molecule has 3 aromatic carbocycles. The van der Waals surface area contributed by atoms with E-state index in [0.717, 1.165) is 5.46 Å². The first-order valence-electron chi connectivity index (χ1n) is 18.2. The van der Waals surface area contributed by atoms with Gasteiger partial charge < -0.3 is 45.4 Å². The number of nitrogens with zero attached hydrogens (tertiary/aromatic N) is 2. The third-order valence-corrected chi connectivity index (χ3v) is 10.1. The lowest BCUT2D eigenvalue weighted by molar-refractivity contribution is -0.127. The average molecular weight is 736 g/mol. The molecule has 6 amide bonds. The number of amides is 6. The van der Waals surface area contributed by atoms with E-state index in [1.165, 1.54) is 11.1 Å². The van der Waals surface area contributed by atoms with Gasteiger partial charge in [-0.25, -0.2) is 9.59 Å². The number of ketones is 1. The Labute approximate surface area is 314 Å². The SMILES string of the molecule is CC1(C)OB(c2ccc(NC(=O)NCCCCNC(=O)Nc3cccc4c(C(=O)C(=O)N5CCN(C(=O)c6ccccc6)CC5)c[nH]c34)cc2)OC1(C)C. The molecule has 2 fully saturated rings. The lowest BCUT2D eigenvalue weighted by atomic mass is 9.79. The van der Waals surface area contributed by atoms with E-state index in [2.05, 4.69) is 26.3 Å². The number of hydrogen-bond donors (Lipinski definition) is 5. The molecule has 14 nitrogen and oxygen atoms in total. The van der Waals surface area contributed by atoms with E-state index in [1.54, 1.807) is 59.5 Å². The minimum atomic E-state index is -0.663. The van der Waals surface area contributed by atoms with E-state index in [0.29, 0.717) is 66.9 Å². The highest BCUT2D eigenvalue weighted by Crippen LogP contribution is 2.36. The van der Waals surface area contributed by atoms with Gasteiger partial charge in [-0.15, -0.1) is 0 Å². The van der Waals surface area contributed by atoms with Gasteiger partial charge in [-0.3, -0.25) is 14.4 Å². The Balaban J connectivity index is 0.901. The van der Waals surface area contributed by atoms with Crippen LogP contribution >= 0.6 is 0 Å². The van der Waals surface area contributed by atoms with Gasteiger partial charge in [0.1, 0.15) is 0 Å². The fourth-order valence-electron chi connectivity index (χ4n) is 6.28. The van der Waals surface area contributed by atoms with Crippen LogP contribution in [0.5, 0.6) is 0 Å². The molecule has 54 heavy (non-hydrogen) atoms. The molecular formula is C39H46BN7O7. The van der Waals surface area contributed by atoms with Crippen molar-refractivity contribution in [1.29, 1.82) is 0 Å². The van der Waals surface area contributed by atoms with E-state index < -0.39 is 36.0 Å². The van der Waals surface area contributed by atoms with Crippen molar-refractivity contribution in [1.82, 2.24) is 25.4 Å². The number of benzene rings is 3. The first-order chi connectivity index (χ1) is 25.8. The molecule has 0 bridgehead atoms. The van der Waals surface area contributed by atoms with Crippen LogP contribution in [0.25, 0.3) is 10.9 Å². The molecule has 15 heteroatoms. The Hall–Kier alpha value is -5.67. The summed E-state index contributed by atoms with van der Waals surface area (Å²) in [5.74, 6) is -1.41. The summed E-state index contributed by atoms with van der Waals surface area (Å²) in [4.78, 5) is 70.6. The molecule has 0 radical (unpaired) electrons. The molecule has 0 aliphatic carbocycles. The third-order valence-electron chi connectivity index (χ3n) is 10.1. The second-order valence-electron chi connectivity index (χ2n) is 14.4. The van der Waals surface area contributed by atoms with Crippen molar-refractivity contribution in [2.75, 3.05) is 49.9 Å². The summed E-state index contributed by atoms with van der Waals surface area (Å²) in [7, 11) is -0.476. The van der Waals surface area contributed by atoms with Gasteiger partial charge in [0.15, 0.2) is 0 Å². The molecule has 4 aromatic rings. The maximum atomic E-state index is 13.3. The third kappa shape index (κ3) is 8.58. The number of piperazine rings is 1. The van der Waals surface area contributed by atoms with Gasteiger partial charge in [-0.05, 0) is 76.3 Å². The van der Waals surface area contributed by atoms with Crippen molar-refractivity contribution in [2.45, 2.75) is 51.7 Å². The number of Topliss-reactive ketones (excluding diaryl/α,β-unsaturated/α-hetero) is 1. The number of aromatic nitrogens is 1. The van der Waals surface area contributed by atoms with Crippen LogP contribution in [0.4, 0.5) is 21.0 Å². The fourth-order valence-corrected chi connectivity index (χ4v) is 6.28. The molecule has 2 aliphatic rings. The van der Waals surface area contributed by atoms with Gasteiger partial charge in [0.05, 0.1) is 28.0 Å². The smallest absolute Gasteiger partial charge is 0.399 e. The second kappa shape index (κ2) is 16.1. The van der Waals surface area contributed by atoms with Crippen LogP contribution in [0.1, 0.15) is 61.3 Å². The van der Waals surface area contributed by atoms with E-state index in [4.69, 9.17) is 9.31 Å². The molecule has 6 rings (SSSR count). The van der Waals surface area contributed by atoms with Crippen molar-refractivity contribution in [3.8, 4) is 0 Å². The number of hydrogen-bond acceptors (Lipinski definition) is 7. The highest BCUT2D eigenvalue weighted by Gasteiger charge is 2.51. The van der Waals surface area contributed by atoms with Gasteiger partial charge in [0.2, 0.25) is 0 Å². The van der Waals surface area contributed by atoms with Gasteiger partial charge >= 0.3 is 19.2 Å². The highest BCUT2D eigenvalue weighted by atomic mass is 16.7. The van der Waals surface area contributed by atoms with Crippen LogP contribution in [0.3, 0.4) is 0 Å². The van der Waals surface area contributed by atoms with Gasteiger partial charge in [-0.1, -0.05) is 42.5 Å². The molecule has 5 N–H and O–H groups in total. The van der Waals surface area contributed by atoms with E-state index >= 15 is 0 Å². The molecule has 1 aromatic heterocycles. The maximum Gasteiger partial charge on any atom is 0.494 e. The Morgan fingerprint density at radius 3 is 1.94 bits per heavy atom. The molecule has 3 heterocycles. The lowest BCUT2D eigenvalue weighted by Crippen LogP contribution is -2.52. The zero-order valence-corrected chi connectivity index (χ0v) is 31.0. The molecule has 0 spiro atoms. The molecule has 2 saturated heterocycles. The van der Waals surface area contributed by atoms with Crippen LogP contribution in [0.2, 0.25) is 0 Å². The normalized spacial score (nSPS) is 16.2. The Morgan fingerprint density at radius 2 is 1.31 bits per heavy atom. The largest absolute Gasteiger partial charge is 0.494 e. The fraction of sp³-hybridized carbons (Fsp3) is 0.359. The number of nitrogens with one attached hydrogen (secondary N) is 5. The molecule has 0 atom stereocenters. The molecule has 282 valence electrons. The minimum Gasteiger partial charge on any atom is -0.399 e. The number of carbonyl (C=O) groups excluding carboxylic acids is 5. The molecule has 0 saturated carbocycles. The number of unbranched alkanes of at least 4 members (excludes halogenated alkanes) is 1. The number of fused-ring (bicyclic) bond motifs is 1. The first kappa shape index (κ1) is 38.1. The molecule has 0 unspecified atom stereocenters. The summed E-state index contributed by atoms with van der Waals surface area (Å²) in [6.45, 7) is 9.95. The number of H-pyrrole nitrogens is 1. The number of anilines is 2. The van der Waals surface area contributed by atoms with Crippen molar-refractivity contribution >= 4 is 64.5 Å². The zero-order chi connectivity index (χ0) is 38.5. The van der Waals surface area contributed by atoms with Gasteiger partial charge in [-0.2, -0.15) is 0 Å². The summed E-state index contributed by atoms with van der Waals surface area (Å²) < 4.78 is 12.2. The second-order valence-corrected chi connectivity index (χ2v) is 14.4. The van der Waals surface area contributed by atoms with Gasteiger partial charge in [0.25, 0.3) is 17.6 Å². The monoisotopic (exact) mass is 735 g/mol. The van der Waals surface area contributed by atoms with E-state index in [-0.39, 0.29) is 30.6 Å². The van der Waals surface area contributed by atoms with Crippen molar-refractivity contribution in [3.05, 3.63) is 90.1 Å². The van der Waals surface area contributed by atoms with Crippen LogP contribution in [-0.2, 0) is 14.1 Å². The van der Waals surface area contributed by atoms with Crippen LogP contribution in [0.15, 0.2) is 79.0 Å². The number of rotatable bonds is 11. The van der Waals surface area contributed by atoms with Gasteiger partial charge in [0, 0.05) is 62.1 Å². The minimum absolute atomic E-state index is 0.106. The van der Waals surface area contributed by atoms with Crippen LogP contribution < -0.4 is 26.7 Å². The predicted octanol–water partition coefficient (Wildman–Crippen LogP) is 4.36. The summed E-state index contributed by atoms with van der Waals surface area (Å²) >= 11 is 0. The van der Waals surface area contributed by atoms with Crippen molar-refractivity contribution in [3.63, 3.8) is 0 Å². The van der Waals surface area contributed by atoms with Crippen LogP contribution in [-0.4, -0.2) is 102 Å². The summed E-state index contributed by atoms with van der Waals surface area (Å²) in [6, 6.07) is 20.6. The number of carbonyl (C=O) groups is 5. The van der Waals surface area contributed by atoms with Crippen LogP contribution in [0, 0.1) is 0 Å². The van der Waals surface area contributed by atoms with E-state index in [9.17, 15) is 24.0 Å². The highest BCUT2D eigenvalue weighted by molar-refractivity contribution is 6.62. The molecular weight excluding hydrogens is 689 g/mol. The quantitative estimate of drug-likeness (QED) is 0.0659. The summed E-state index contributed by atoms with van der Waals surface area (Å²) in [6.07, 6.45) is 2.74.